The van der Waals surface area contributed by atoms with Crippen LogP contribution in [0.2, 0.25) is 0 Å². The number of hydrogen-bond donors (Lipinski definition) is 2. The van der Waals surface area contributed by atoms with Crippen LogP contribution in [-0.2, 0) is 0 Å². The minimum atomic E-state index is -0.235. The standard InChI is InChI=1S/C15H16BrFN2/c1-10-2-7-14(17)13(8-10)15(9-18)19-12-5-3-11(16)4-6-12/h2-8,15,19H,9,18H2,1H3. The van der Waals surface area contributed by atoms with Gasteiger partial charge in [0.15, 0.2) is 0 Å². The van der Waals surface area contributed by atoms with E-state index in [0.717, 1.165) is 15.7 Å². The van der Waals surface area contributed by atoms with Gasteiger partial charge < -0.3 is 11.1 Å². The van der Waals surface area contributed by atoms with Crippen LogP contribution in [0.5, 0.6) is 0 Å². The highest BCUT2D eigenvalue weighted by Crippen LogP contribution is 2.23. The molecule has 0 spiro atoms. The summed E-state index contributed by atoms with van der Waals surface area (Å²) in [5, 5.41) is 3.25. The molecule has 0 saturated heterocycles. The molecule has 2 rings (SSSR count). The Morgan fingerprint density at radius 3 is 2.53 bits per heavy atom. The molecule has 4 heteroatoms. The first-order valence-electron chi connectivity index (χ1n) is 6.08. The van der Waals surface area contributed by atoms with Gasteiger partial charge in [0.2, 0.25) is 0 Å². The molecule has 2 nitrogen and oxygen atoms in total. The lowest BCUT2D eigenvalue weighted by Crippen LogP contribution is -2.21. The molecule has 1 unspecified atom stereocenters. The van der Waals surface area contributed by atoms with E-state index in [-0.39, 0.29) is 11.9 Å². The van der Waals surface area contributed by atoms with E-state index in [1.807, 2.05) is 37.3 Å². The molecule has 0 aliphatic rings. The lowest BCUT2D eigenvalue weighted by molar-refractivity contribution is 0.593. The van der Waals surface area contributed by atoms with Gasteiger partial charge in [-0.05, 0) is 37.3 Å². The highest BCUT2D eigenvalue weighted by atomic mass is 79.9. The third kappa shape index (κ3) is 3.55. The molecular formula is C15H16BrFN2. The van der Waals surface area contributed by atoms with Gasteiger partial charge in [-0.1, -0.05) is 33.6 Å². The number of nitrogens with two attached hydrogens (primary N) is 1. The van der Waals surface area contributed by atoms with E-state index >= 15 is 0 Å². The van der Waals surface area contributed by atoms with Crippen molar-refractivity contribution < 1.29 is 4.39 Å². The molecule has 0 radical (unpaired) electrons. The number of aryl methyl sites for hydroxylation is 1. The third-order valence-electron chi connectivity index (χ3n) is 2.95. The van der Waals surface area contributed by atoms with E-state index < -0.39 is 0 Å². The average Bonchev–Trinajstić information content (AvgIpc) is 2.41. The predicted molar refractivity (Wildman–Crippen MR) is 80.7 cm³/mol. The van der Waals surface area contributed by atoms with Crippen molar-refractivity contribution in [2.45, 2.75) is 13.0 Å². The van der Waals surface area contributed by atoms with Gasteiger partial charge in [0, 0.05) is 22.3 Å². The molecule has 1 atom stereocenters. The summed E-state index contributed by atoms with van der Waals surface area (Å²) < 4.78 is 14.9. The number of nitrogens with one attached hydrogen (secondary N) is 1. The van der Waals surface area contributed by atoms with E-state index in [1.54, 1.807) is 6.07 Å². The highest BCUT2D eigenvalue weighted by Gasteiger charge is 2.14. The van der Waals surface area contributed by atoms with E-state index in [9.17, 15) is 4.39 Å². The number of rotatable bonds is 4. The van der Waals surface area contributed by atoms with Gasteiger partial charge in [0.1, 0.15) is 5.82 Å². The minimum Gasteiger partial charge on any atom is -0.377 e. The van der Waals surface area contributed by atoms with E-state index in [0.29, 0.717) is 12.1 Å². The molecule has 2 aromatic rings. The summed E-state index contributed by atoms with van der Waals surface area (Å²) in [6.07, 6.45) is 0. The van der Waals surface area contributed by atoms with Gasteiger partial charge in [0.25, 0.3) is 0 Å². The fourth-order valence-electron chi connectivity index (χ4n) is 1.94. The molecule has 19 heavy (non-hydrogen) atoms. The second-order valence-corrected chi connectivity index (χ2v) is 5.38. The van der Waals surface area contributed by atoms with Crippen molar-refractivity contribution in [3.63, 3.8) is 0 Å². The smallest absolute Gasteiger partial charge is 0.128 e. The van der Waals surface area contributed by atoms with Crippen molar-refractivity contribution in [2.75, 3.05) is 11.9 Å². The van der Waals surface area contributed by atoms with Crippen molar-refractivity contribution in [3.8, 4) is 0 Å². The van der Waals surface area contributed by atoms with E-state index in [2.05, 4.69) is 21.2 Å². The minimum absolute atomic E-state index is 0.231. The van der Waals surface area contributed by atoms with Crippen LogP contribution in [0.4, 0.5) is 10.1 Å². The highest BCUT2D eigenvalue weighted by molar-refractivity contribution is 9.10. The Bertz CT molecular complexity index is 555. The largest absolute Gasteiger partial charge is 0.377 e. The Kier molecular flexibility index (Phi) is 4.56. The van der Waals surface area contributed by atoms with Crippen LogP contribution in [-0.4, -0.2) is 6.54 Å². The maximum absolute atomic E-state index is 13.9. The number of anilines is 1. The van der Waals surface area contributed by atoms with E-state index in [4.69, 9.17) is 5.73 Å². The van der Waals surface area contributed by atoms with Crippen molar-refractivity contribution in [1.29, 1.82) is 0 Å². The quantitative estimate of drug-likeness (QED) is 0.892. The summed E-state index contributed by atoms with van der Waals surface area (Å²) in [6.45, 7) is 2.27. The fraction of sp³-hybridized carbons (Fsp3) is 0.200. The molecule has 0 fully saturated rings. The first-order valence-corrected chi connectivity index (χ1v) is 6.87. The predicted octanol–water partition coefficient (Wildman–Crippen LogP) is 4.01. The zero-order chi connectivity index (χ0) is 13.8. The molecule has 2 aromatic carbocycles. The van der Waals surface area contributed by atoms with Crippen molar-refractivity contribution in [2.24, 2.45) is 5.73 Å². The summed E-state index contributed by atoms with van der Waals surface area (Å²) >= 11 is 3.38. The Morgan fingerprint density at radius 2 is 1.89 bits per heavy atom. The normalized spacial score (nSPS) is 12.2. The Labute approximate surface area is 121 Å². The monoisotopic (exact) mass is 322 g/mol. The van der Waals surface area contributed by atoms with Crippen LogP contribution in [0.25, 0.3) is 0 Å². The van der Waals surface area contributed by atoms with Crippen molar-refractivity contribution in [1.82, 2.24) is 0 Å². The lowest BCUT2D eigenvalue weighted by atomic mass is 10.0. The molecule has 100 valence electrons. The van der Waals surface area contributed by atoms with E-state index in [1.165, 1.54) is 6.07 Å². The molecule has 3 N–H and O–H groups in total. The van der Waals surface area contributed by atoms with Crippen LogP contribution in [0, 0.1) is 12.7 Å². The zero-order valence-electron chi connectivity index (χ0n) is 10.7. The van der Waals surface area contributed by atoms with Gasteiger partial charge in [-0.25, -0.2) is 4.39 Å². The number of hydrogen-bond acceptors (Lipinski definition) is 2. The summed E-state index contributed by atoms with van der Waals surface area (Å²) in [5.74, 6) is -0.231. The second-order valence-electron chi connectivity index (χ2n) is 4.46. The number of benzene rings is 2. The Hall–Kier alpha value is -1.39. The summed E-state index contributed by atoms with van der Waals surface area (Å²) in [6, 6.07) is 12.6. The number of halogens is 2. The lowest BCUT2D eigenvalue weighted by Gasteiger charge is -2.19. The summed E-state index contributed by atoms with van der Waals surface area (Å²) in [7, 11) is 0. The average molecular weight is 323 g/mol. The first kappa shape index (κ1) is 14.0. The zero-order valence-corrected chi connectivity index (χ0v) is 12.2. The van der Waals surface area contributed by atoms with Gasteiger partial charge >= 0.3 is 0 Å². The van der Waals surface area contributed by atoms with Crippen molar-refractivity contribution in [3.05, 3.63) is 63.9 Å². The van der Waals surface area contributed by atoms with Crippen molar-refractivity contribution >= 4 is 21.6 Å². The topological polar surface area (TPSA) is 38.0 Å². The summed E-state index contributed by atoms with van der Waals surface area (Å²) in [4.78, 5) is 0. The maximum Gasteiger partial charge on any atom is 0.128 e. The Balaban J connectivity index is 2.24. The molecule has 0 aromatic heterocycles. The molecule has 0 amide bonds. The first-order chi connectivity index (χ1) is 9.10. The van der Waals surface area contributed by atoms with Crippen LogP contribution >= 0.6 is 15.9 Å². The summed E-state index contributed by atoms with van der Waals surface area (Å²) in [5.41, 5.74) is 8.30. The molecule has 0 saturated carbocycles. The molecular weight excluding hydrogens is 307 g/mol. The Morgan fingerprint density at radius 1 is 1.21 bits per heavy atom. The van der Waals surface area contributed by atoms with Gasteiger partial charge in [-0.3, -0.25) is 0 Å². The third-order valence-corrected chi connectivity index (χ3v) is 3.48. The van der Waals surface area contributed by atoms with Gasteiger partial charge in [0.05, 0.1) is 6.04 Å². The van der Waals surface area contributed by atoms with Crippen LogP contribution in [0.15, 0.2) is 46.9 Å². The second kappa shape index (κ2) is 6.17. The van der Waals surface area contributed by atoms with Crippen LogP contribution in [0.1, 0.15) is 17.2 Å². The maximum atomic E-state index is 13.9. The van der Waals surface area contributed by atoms with Gasteiger partial charge in [-0.15, -0.1) is 0 Å². The molecule has 0 heterocycles. The molecule has 0 aliphatic heterocycles. The molecule has 0 aliphatic carbocycles. The molecule has 0 bridgehead atoms. The van der Waals surface area contributed by atoms with Gasteiger partial charge in [-0.2, -0.15) is 0 Å². The fourth-order valence-corrected chi connectivity index (χ4v) is 2.21. The van der Waals surface area contributed by atoms with Crippen LogP contribution in [0.3, 0.4) is 0 Å². The SMILES string of the molecule is Cc1ccc(F)c(C(CN)Nc2ccc(Br)cc2)c1. The van der Waals surface area contributed by atoms with Crippen LogP contribution < -0.4 is 11.1 Å².